The van der Waals surface area contributed by atoms with Gasteiger partial charge in [0.1, 0.15) is 6.04 Å². The average molecular weight is 571 g/mol. The third kappa shape index (κ3) is 6.29. The molecule has 6 rings (SSSR count). The molecule has 5 aromatic rings. The van der Waals surface area contributed by atoms with Gasteiger partial charge >= 0.3 is 0 Å². The van der Waals surface area contributed by atoms with Crippen LogP contribution < -0.4 is 10.6 Å². The highest BCUT2D eigenvalue weighted by Gasteiger charge is 2.26. The van der Waals surface area contributed by atoms with Crippen LogP contribution in [0.3, 0.4) is 0 Å². The maximum Gasteiger partial charge on any atom is 0.249 e. The molecule has 1 aliphatic heterocycles. The molecular weight excluding hydrogens is 544 g/mol. The van der Waals surface area contributed by atoms with Gasteiger partial charge in [-0.15, -0.1) is 0 Å². The number of nitrogens with one attached hydrogen (secondary N) is 2. The molecule has 6 nitrogen and oxygen atoms in total. The number of aliphatic imine (C=N–C) groups is 1. The summed E-state index contributed by atoms with van der Waals surface area (Å²) in [6.07, 6.45) is 2.28. The van der Waals surface area contributed by atoms with Crippen molar-refractivity contribution in [3.05, 3.63) is 149 Å². The first-order chi connectivity index (χ1) is 20.5. The zero-order valence-corrected chi connectivity index (χ0v) is 23.4. The normalized spacial score (nSPS) is 14.3. The predicted molar refractivity (Wildman–Crippen MR) is 168 cm³/mol. The molecule has 2 amide bonds. The van der Waals surface area contributed by atoms with Crippen LogP contribution in [0.1, 0.15) is 22.4 Å². The third-order valence-electron chi connectivity index (χ3n) is 7.06. The molecule has 0 radical (unpaired) electrons. The minimum atomic E-state index is -0.657. The van der Waals surface area contributed by atoms with E-state index in [9.17, 15) is 9.59 Å². The van der Waals surface area contributed by atoms with E-state index < -0.39 is 6.04 Å². The molecule has 0 spiro atoms. The molecule has 4 aromatic carbocycles. The molecule has 1 atom stereocenters. The van der Waals surface area contributed by atoms with Crippen molar-refractivity contribution in [3.63, 3.8) is 0 Å². The van der Waals surface area contributed by atoms with Crippen LogP contribution in [-0.2, 0) is 22.4 Å². The molecule has 0 saturated heterocycles. The van der Waals surface area contributed by atoms with Gasteiger partial charge < -0.3 is 10.6 Å². The van der Waals surface area contributed by atoms with Crippen LogP contribution in [0.25, 0.3) is 11.1 Å². The van der Waals surface area contributed by atoms with E-state index >= 15 is 0 Å². The summed E-state index contributed by atoms with van der Waals surface area (Å²) in [7, 11) is 0. The second-order valence-corrected chi connectivity index (χ2v) is 10.5. The molecule has 0 bridgehead atoms. The van der Waals surface area contributed by atoms with Crippen LogP contribution in [-0.4, -0.2) is 28.6 Å². The Kier molecular flexibility index (Phi) is 7.88. The Labute approximate surface area is 249 Å². The van der Waals surface area contributed by atoms with Crippen LogP contribution in [0.15, 0.2) is 126 Å². The second-order valence-electron chi connectivity index (χ2n) is 10.1. The number of hydrogen-bond acceptors (Lipinski definition) is 4. The fraction of sp³-hybridized carbons (Fsp3) is 0.0857. The van der Waals surface area contributed by atoms with E-state index in [0.29, 0.717) is 34.2 Å². The maximum absolute atomic E-state index is 13.4. The largest absolute Gasteiger partial charge is 0.326 e. The molecule has 1 aromatic heterocycles. The van der Waals surface area contributed by atoms with Crippen LogP contribution in [0.2, 0.25) is 5.02 Å². The highest BCUT2D eigenvalue weighted by Crippen LogP contribution is 2.29. The molecule has 2 heterocycles. The van der Waals surface area contributed by atoms with Gasteiger partial charge in [-0.1, -0.05) is 84.4 Å². The summed E-state index contributed by atoms with van der Waals surface area (Å²) in [4.78, 5) is 35.2. The Bertz CT molecular complexity index is 1770. The molecular formula is C35H27ClN4O2. The number of benzene rings is 4. The summed E-state index contributed by atoms with van der Waals surface area (Å²) < 4.78 is 0. The standard InChI is InChI=1S/C35H27ClN4O2/c36-27-14-17-30-31(21-27)40-35(42)32(20-23-7-6-10-26(19-23)24-8-2-1-3-9-24)39-34(30)25-12-15-28(16-13-25)38-33(41)22-29-11-4-5-18-37-29/h1-19,21,32H,20,22H2,(H,38,41)(H,40,42). The maximum atomic E-state index is 13.4. The van der Waals surface area contributed by atoms with Crippen LogP contribution in [0.4, 0.5) is 11.4 Å². The summed E-state index contributed by atoms with van der Waals surface area (Å²) in [6, 6.07) is 36.1. The first-order valence-corrected chi connectivity index (χ1v) is 14.0. The van der Waals surface area contributed by atoms with Crippen molar-refractivity contribution in [2.75, 3.05) is 10.6 Å². The number of aromatic nitrogens is 1. The van der Waals surface area contributed by atoms with Gasteiger partial charge in [0.15, 0.2) is 0 Å². The lowest BCUT2D eigenvalue weighted by molar-refractivity contribution is -0.117. The Morgan fingerprint density at radius 1 is 0.810 bits per heavy atom. The van der Waals surface area contributed by atoms with E-state index in [0.717, 1.165) is 27.8 Å². The molecule has 1 aliphatic rings. The van der Waals surface area contributed by atoms with Crippen LogP contribution >= 0.6 is 11.6 Å². The molecule has 0 saturated carbocycles. The van der Waals surface area contributed by atoms with E-state index in [1.807, 2.05) is 78.9 Å². The van der Waals surface area contributed by atoms with E-state index in [2.05, 4.69) is 39.9 Å². The van der Waals surface area contributed by atoms with E-state index in [-0.39, 0.29) is 18.2 Å². The highest BCUT2D eigenvalue weighted by atomic mass is 35.5. The van der Waals surface area contributed by atoms with Gasteiger partial charge in [0, 0.05) is 40.1 Å². The summed E-state index contributed by atoms with van der Waals surface area (Å²) in [6.45, 7) is 0. The highest BCUT2D eigenvalue weighted by molar-refractivity contribution is 6.31. The smallest absolute Gasteiger partial charge is 0.249 e. The topological polar surface area (TPSA) is 83.5 Å². The van der Waals surface area contributed by atoms with Crippen LogP contribution in [0, 0.1) is 0 Å². The molecule has 1 unspecified atom stereocenters. The minimum Gasteiger partial charge on any atom is -0.326 e. The summed E-state index contributed by atoms with van der Waals surface area (Å²) in [5, 5.41) is 6.49. The van der Waals surface area contributed by atoms with E-state index in [1.165, 1.54) is 0 Å². The number of rotatable bonds is 7. The Morgan fingerprint density at radius 3 is 2.38 bits per heavy atom. The Morgan fingerprint density at radius 2 is 1.60 bits per heavy atom. The Hall–Kier alpha value is -5.07. The lowest BCUT2D eigenvalue weighted by Gasteiger charge is -2.13. The summed E-state index contributed by atoms with van der Waals surface area (Å²) in [5.74, 6) is -0.349. The third-order valence-corrected chi connectivity index (χ3v) is 7.29. The van der Waals surface area contributed by atoms with Crippen molar-refractivity contribution in [2.24, 2.45) is 4.99 Å². The van der Waals surface area contributed by atoms with E-state index in [1.54, 1.807) is 18.3 Å². The summed E-state index contributed by atoms with van der Waals surface area (Å²) in [5.41, 5.74) is 7.46. The first-order valence-electron chi connectivity index (χ1n) is 13.6. The zero-order chi connectivity index (χ0) is 28.9. The van der Waals surface area contributed by atoms with Gasteiger partial charge in [-0.05, 0) is 59.2 Å². The van der Waals surface area contributed by atoms with Gasteiger partial charge in [0.25, 0.3) is 0 Å². The number of pyridine rings is 1. The minimum absolute atomic E-state index is 0.152. The second kappa shape index (κ2) is 12.2. The molecule has 206 valence electrons. The van der Waals surface area contributed by atoms with Crippen molar-refractivity contribution in [2.45, 2.75) is 18.9 Å². The van der Waals surface area contributed by atoms with E-state index in [4.69, 9.17) is 16.6 Å². The van der Waals surface area contributed by atoms with Gasteiger partial charge in [-0.25, -0.2) is 0 Å². The van der Waals surface area contributed by atoms with Crippen molar-refractivity contribution in [1.29, 1.82) is 0 Å². The lowest BCUT2D eigenvalue weighted by Crippen LogP contribution is -2.27. The fourth-order valence-electron chi connectivity index (χ4n) is 5.01. The monoisotopic (exact) mass is 570 g/mol. The average Bonchev–Trinajstić information content (AvgIpc) is 3.14. The molecule has 7 heteroatoms. The number of amides is 2. The van der Waals surface area contributed by atoms with Gasteiger partial charge in [-0.2, -0.15) is 0 Å². The Balaban J connectivity index is 1.28. The first kappa shape index (κ1) is 27.1. The van der Waals surface area contributed by atoms with Gasteiger partial charge in [0.2, 0.25) is 11.8 Å². The number of fused-ring (bicyclic) bond motifs is 1. The van der Waals surface area contributed by atoms with Gasteiger partial charge in [0.05, 0.1) is 17.8 Å². The van der Waals surface area contributed by atoms with Crippen molar-refractivity contribution >= 4 is 40.5 Å². The fourth-order valence-corrected chi connectivity index (χ4v) is 5.18. The number of carbonyl (C=O) groups excluding carboxylic acids is 2. The van der Waals surface area contributed by atoms with Crippen LogP contribution in [0.5, 0.6) is 0 Å². The number of anilines is 2. The zero-order valence-electron chi connectivity index (χ0n) is 22.6. The summed E-state index contributed by atoms with van der Waals surface area (Å²) >= 11 is 6.30. The number of nitrogens with zero attached hydrogens (tertiary/aromatic N) is 2. The number of benzodiazepines with no additional fused rings is 1. The predicted octanol–water partition coefficient (Wildman–Crippen LogP) is 6.98. The number of hydrogen-bond donors (Lipinski definition) is 2. The number of halogens is 1. The van der Waals surface area contributed by atoms with Crippen molar-refractivity contribution in [1.82, 2.24) is 4.98 Å². The molecule has 2 N–H and O–H groups in total. The molecule has 0 aliphatic carbocycles. The van der Waals surface area contributed by atoms with Crippen molar-refractivity contribution < 1.29 is 9.59 Å². The molecule has 42 heavy (non-hydrogen) atoms. The molecule has 0 fully saturated rings. The number of carbonyl (C=O) groups is 2. The van der Waals surface area contributed by atoms with Crippen molar-refractivity contribution in [3.8, 4) is 11.1 Å². The quantitative estimate of drug-likeness (QED) is 0.221. The SMILES string of the molecule is O=C(Cc1ccccn1)Nc1ccc(C2=NC(Cc3cccc(-c4ccccc4)c3)C(=O)Nc3cc(Cl)ccc32)cc1. The van der Waals surface area contributed by atoms with Gasteiger partial charge in [-0.3, -0.25) is 19.6 Å². The lowest BCUT2D eigenvalue weighted by atomic mass is 9.98.